The topological polar surface area (TPSA) is 34.4 Å². The third-order valence-corrected chi connectivity index (χ3v) is 3.74. The van der Waals surface area contributed by atoms with Crippen molar-refractivity contribution < 1.29 is 9.15 Å². The summed E-state index contributed by atoms with van der Waals surface area (Å²) in [5.74, 6) is 1.81. The molecule has 1 atom stereocenters. The second kappa shape index (κ2) is 7.85. The SMILES string of the molecule is Cl.Clc1ccc(-c2ccc(CNCC3CCCO3)o2)cc1. The Kier molecular flexibility index (Phi) is 6.12. The maximum Gasteiger partial charge on any atom is 0.134 e. The molecule has 1 aromatic heterocycles. The van der Waals surface area contributed by atoms with E-state index in [-0.39, 0.29) is 12.4 Å². The third kappa shape index (κ3) is 4.48. The fourth-order valence-electron chi connectivity index (χ4n) is 2.40. The molecule has 2 aromatic rings. The number of ether oxygens (including phenoxy) is 1. The molecule has 0 saturated carbocycles. The largest absolute Gasteiger partial charge is 0.460 e. The molecule has 1 unspecified atom stereocenters. The van der Waals surface area contributed by atoms with Crippen molar-refractivity contribution in [2.45, 2.75) is 25.5 Å². The molecule has 1 N–H and O–H groups in total. The lowest BCUT2D eigenvalue weighted by Gasteiger charge is -2.09. The van der Waals surface area contributed by atoms with Gasteiger partial charge in [0.1, 0.15) is 11.5 Å². The monoisotopic (exact) mass is 327 g/mol. The highest BCUT2D eigenvalue weighted by atomic mass is 35.5. The van der Waals surface area contributed by atoms with Crippen LogP contribution in [-0.2, 0) is 11.3 Å². The fourth-order valence-corrected chi connectivity index (χ4v) is 2.53. The fraction of sp³-hybridized carbons (Fsp3) is 0.375. The van der Waals surface area contributed by atoms with Gasteiger partial charge in [-0.2, -0.15) is 0 Å². The molecule has 5 heteroatoms. The van der Waals surface area contributed by atoms with Gasteiger partial charge in [-0.3, -0.25) is 0 Å². The third-order valence-electron chi connectivity index (χ3n) is 3.49. The molecule has 1 saturated heterocycles. The van der Waals surface area contributed by atoms with Crippen molar-refractivity contribution in [1.29, 1.82) is 0 Å². The minimum atomic E-state index is 0. The van der Waals surface area contributed by atoms with Crippen LogP contribution in [-0.4, -0.2) is 19.3 Å². The maximum absolute atomic E-state index is 5.88. The molecule has 0 aliphatic carbocycles. The van der Waals surface area contributed by atoms with Crippen LogP contribution in [0.25, 0.3) is 11.3 Å². The zero-order valence-corrected chi connectivity index (χ0v) is 13.3. The van der Waals surface area contributed by atoms with Crippen LogP contribution >= 0.6 is 24.0 Å². The molecule has 0 bridgehead atoms. The number of halogens is 2. The van der Waals surface area contributed by atoms with Crippen LogP contribution in [0.4, 0.5) is 0 Å². The predicted octanol–water partition coefficient (Wildman–Crippen LogP) is 4.29. The molecule has 1 aromatic carbocycles. The van der Waals surface area contributed by atoms with Crippen LogP contribution in [0.1, 0.15) is 18.6 Å². The number of benzene rings is 1. The number of hydrogen-bond acceptors (Lipinski definition) is 3. The Morgan fingerprint density at radius 2 is 1.95 bits per heavy atom. The average Bonchev–Trinajstić information content (AvgIpc) is 3.11. The van der Waals surface area contributed by atoms with Gasteiger partial charge in [-0.1, -0.05) is 11.6 Å². The summed E-state index contributed by atoms with van der Waals surface area (Å²) in [7, 11) is 0. The molecule has 0 radical (unpaired) electrons. The lowest BCUT2D eigenvalue weighted by Crippen LogP contribution is -2.25. The normalized spacial score (nSPS) is 17.7. The van der Waals surface area contributed by atoms with Crippen molar-refractivity contribution in [1.82, 2.24) is 5.32 Å². The quantitative estimate of drug-likeness (QED) is 0.889. The second-order valence-corrected chi connectivity index (χ2v) is 5.48. The molecule has 3 rings (SSSR count). The second-order valence-electron chi connectivity index (χ2n) is 5.04. The summed E-state index contributed by atoms with van der Waals surface area (Å²) < 4.78 is 11.4. The van der Waals surface area contributed by atoms with E-state index in [2.05, 4.69) is 5.32 Å². The predicted molar refractivity (Wildman–Crippen MR) is 87.1 cm³/mol. The minimum absolute atomic E-state index is 0. The molecular formula is C16H19Cl2NO2. The van der Waals surface area contributed by atoms with E-state index in [1.165, 1.54) is 6.42 Å². The number of hydrogen-bond donors (Lipinski definition) is 1. The highest BCUT2D eigenvalue weighted by Gasteiger charge is 2.14. The summed E-state index contributed by atoms with van der Waals surface area (Å²) in [4.78, 5) is 0. The summed E-state index contributed by atoms with van der Waals surface area (Å²) in [6, 6.07) is 11.7. The standard InChI is InChI=1S/C16H18ClNO2.ClH/c17-13-5-3-12(4-6-13)16-8-7-15(20-16)11-18-10-14-2-1-9-19-14;/h3-8,14,18H,1-2,9-11H2;1H. The average molecular weight is 328 g/mol. The van der Waals surface area contributed by atoms with Gasteiger partial charge in [-0.25, -0.2) is 0 Å². The van der Waals surface area contributed by atoms with Crippen LogP contribution < -0.4 is 5.32 Å². The van der Waals surface area contributed by atoms with E-state index in [1.54, 1.807) is 0 Å². The van der Waals surface area contributed by atoms with E-state index in [0.717, 1.165) is 48.2 Å². The molecular weight excluding hydrogens is 309 g/mol. The summed E-state index contributed by atoms with van der Waals surface area (Å²) in [5, 5.41) is 4.11. The highest BCUT2D eigenvalue weighted by Crippen LogP contribution is 2.23. The van der Waals surface area contributed by atoms with Crippen molar-refractivity contribution in [3.05, 3.63) is 47.2 Å². The van der Waals surface area contributed by atoms with E-state index < -0.39 is 0 Å². The van der Waals surface area contributed by atoms with Crippen molar-refractivity contribution in [2.75, 3.05) is 13.2 Å². The summed E-state index contributed by atoms with van der Waals surface area (Å²) in [6.45, 7) is 2.51. The van der Waals surface area contributed by atoms with Gasteiger partial charge in [0.05, 0.1) is 12.6 Å². The van der Waals surface area contributed by atoms with Crippen molar-refractivity contribution >= 4 is 24.0 Å². The van der Waals surface area contributed by atoms with E-state index >= 15 is 0 Å². The molecule has 0 spiro atoms. The van der Waals surface area contributed by atoms with Crippen LogP contribution in [0.15, 0.2) is 40.8 Å². The Balaban J connectivity index is 0.00000161. The zero-order chi connectivity index (χ0) is 13.8. The van der Waals surface area contributed by atoms with Crippen LogP contribution in [0, 0.1) is 0 Å². The summed E-state index contributed by atoms with van der Waals surface area (Å²) >= 11 is 5.88. The molecule has 0 amide bonds. The lowest BCUT2D eigenvalue weighted by molar-refractivity contribution is 0.109. The first-order valence-corrected chi connectivity index (χ1v) is 7.36. The zero-order valence-electron chi connectivity index (χ0n) is 11.7. The van der Waals surface area contributed by atoms with Crippen molar-refractivity contribution in [2.24, 2.45) is 0 Å². The highest BCUT2D eigenvalue weighted by molar-refractivity contribution is 6.30. The molecule has 2 heterocycles. The Bertz CT molecular complexity index is 548. The van der Waals surface area contributed by atoms with E-state index in [0.29, 0.717) is 6.10 Å². The first kappa shape index (κ1) is 16.4. The van der Waals surface area contributed by atoms with E-state index in [4.69, 9.17) is 20.8 Å². The van der Waals surface area contributed by atoms with E-state index in [1.807, 2.05) is 36.4 Å². The number of furan rings is 1. The van der Waals surface area contributed by atoms with Crippen molar-refractivity contribution in [3.8, 4) is 11.3 Å². The van der Waals surface area contributed by atoms with Crippen molar-refractivity contribution in [3.63, 3.8) is 0 Å². The van der Waals surface area contributed by atoms with Gasteiger partial charge < -0.3 is 14.5 Å². The van der Waals surface area contributed by atoms with Gasteiger partial charge in [0, 0.05) is 23.7 Å². The Morgan fingerprint density at radius 3 is 2.67 bits per heavy atom. The van der Waals surface area contributed by atoms with Crippen LogP contribution in [0.2, 0.25) is 5.02 Å². The number of rotatable bonds is 5. The molecule has 114 valence electrons. The molecule has 1 fully saturated rings. The lowest BCUT2D eigenvalue weighted by atomic mass is 10.2. The van der Waals surface area contributed by atoms with E-state index in [9.17, 15) is 0 Å². The van der Waals surface area contributed by atoms with Gasteiger partial charge in [0.25, 0.3) is 0 Å². The minimum Gasteiger partial charge on any atom is -0.460 e. The molecule has 21 heavy (non-hydrogen) atoms. The van der Waals surface area contributed by atoms with Gasteiger partial charge in [0.15, 0.2) is 0 Å². The maximum atomic E-state index is 5.88. The van der Waals surface area contributed by atoms with Gasteiger partial charge in [-0.05, 0) is 49.2 Å². The van der Waals surface area contributed by atoms with Gasteiger partial charge in [-0.15, -0.1) is 12.4 Å². The molecule has 1 aliphatic rings. The number of nitrogens with one attached hydrogen (secondary N) is 1. The Hall–Kier alpha value is -1.00. The first-order chi connectivity index (χ1) is 9.81. The Labute approximate surface area is 136 Å². The van der Waals surface area contributed by atoms with Crippen LogP contribution in [0.5, 0.6) is 0 Å². The summed E-state index contributed by atoms with van der Waals surface area (Å²) in [6.07, 6.45) is 2.69. The first-order valence-electron chi connectivity index (χ1n) is 6.98. The smallest absolute Gasteiger partial charge is 0.134 e. The Morgan fingerprint density at radius 1 is 1.14 bits per heavy atom. The molecule has 3 nitrogen and oxygen atoms in total. The summed E-state index contributed by atoms with van der Waals surface area (Å²) in [5.41, 5.74) is 1.04. The van der Waals surface area contributed by atoms with Crippen LogP contribution in [0.3, 0.4) is 0 Å². The van der Waals surface area contributed by atoms with Gasteiger partial charge in [0.2, 0.25) is 0 Å². The molecule has 1 aliphatic heterocycles. The van der Waals surface area contributed by atoms with Gasteiger partial charge >= 0.3 is 0 Å².